The van der Waals surface area contributed by atoms with Gasteiger partial charge in [0.1, 0.15) is 5.69 Å². The molecular formula is C11H13NO2. The summed E-state index contributed by atoms with van der Waals surface area (Å²) in [7, 11) is 0. The topological polar surface area (TPSA) is 53.1 Å². The number of aromatic amines is 1. The molecule has 0 aliphatic heterocycles. The number of aromatic carboxylic acids is 1. The quantitative estimate of drug-likeness (QED) is 0.753. The first-order valence-electron chi connectivity index (χ1n) is 4.83. The average molecular weight is 191 g/mol. The van der Waals surface area contributed by atoms with Crippen molar-refractivity contribution in [2.45, 2.75) is 25.7 Å². The molecule has 0 spiro atoms. The van der Waals surface area contributed by atoms with Crippen molar-refractivity contribution >= 4 is 12.0 Å². The number of fused-ring (bicyclic) bond motifs is 1. The van der Waals surface area contributed by atoms with E-state index < -0.39 is 5.97 Å². The molecule has 0 bridgehead atoms. The highest BCUT2D eigenvalue weighted by atomic mass is 16.4. The van der Waals surface area contributed by atoms with Crippen LogP contribution >= 0.6 is 0 Å². The summed E-state index contributed by atoms with van der Waals surface area (Å²) in [5, 5.41) is 8.98. The molecule has 1 aromatic heterocycles. The van der Waals surface area contributed by atoms with Crippen LogP contribution in [0.3, 0.4) is 0 Å². The summed E-state index contributed by atoms with van der Waals surface area (Å²) in [4.78, 5) is 13.9. The Kier molecular flexibility index (Phi) is 2.15. The standard InChI is InChI=1S/C11H13NO2/c1-2-9-7-5-3-4-6-8(7)10(12-9)11(13)14/h2,12H,1,3-6H2,(H,13,14). The fourth-order valence-electron chi connectivity index (χ4n) is 2.12. The predicted octanol–water partition coefficient (Wildman–Crippen LogP) is 2.23. The van der Waals surface area contributed by atoms with Gasteiger partial charge in [0.2, 0.25) is 0 Å². The van der Waals surface area contributed by atoms with Gasteiger partial charge in [-0.2, -0.15) is 0 Å². The second-order valence-electron chi connectivity index (χ2n) is 3.59. The third-order valence-corrected chi connectivity index (χ3v) is 2.77. The van der Waals surface area contributed by atoms with Crippen molar-refractivity contribution in [2.75, 3.05) is 0 Å². The van der Waals surface area contributed by atoms with Gasteiger partial charge >= 0.3 is 5.97 Å². The van der Waals surface area contributed by atoms with Crippen LogP contribution in [0.4, 0.5) is 0 Å². The zero-order valence-corrected chi connectivity index (χ0v) is 7.97. The highest BCUT2D eigenvalue weighted by Gasteiger charge is 2.22. The Morgan fingerprint density at radius 3 is 2.57 bits per heavy atom. The first kappa shape index (κ1) is 9.06. The maximum atomic E-state index is 10.9. The van der Waals surface area contributed by atoms with E-state index in [2.05, 4.69) is 11.6 Å². The monoisotopic (exact) mass is 191 g/mol. The maximum Gasteiger partial charge on any atom is 0.352 e. The number of hydrogen-bond acceptors (Lipinski definition) is 1. The first-order chi connectivity index (χ1) is 6.74. The Morgan fingerprint density at radius 2 is 2.00 bits per heavy atom. The van der Waals surface area contributed by atoms with Crippen LogP contribution in [0, 0.1) is 0 Å². The smallest absolute Gasteiger partial charge is 0.352 e. The van der Waals surface area contributed by atoms with E-state index >= 15 is 0 Å². The molecule has 2 N–H and O–H groups in total. The van der Waals surface area contributed by atoms with Gasteiger partial charge in [-0.1, -0.05) is 6.58 Å². The third-order valence-electron chi connectivity index (χ3n) is 2.77. The van der Waals surface area contributed by atoms with Gasteiger partial charge in [0.15, 0.2) is 0 Å². The van der Waals surface area contributed by atoms with Crippen molar-refractivity contribution in [1.29, 1.82) is 0 Å². The molecule has 3 heteroatoms. The molecule has 1 aliphatic rings. The van der Waals surface area contributed by atoms with E-state index in [4.69, 9.17) is 5.11 Å². The Balaban J connectivity index is 2.57. The summed E-state index contributed by atoms with van der Waals surface area (Å²) < 4.78 is 0. The van der Waals surface area contributed by atoms with E-state index in [-0.39, 0.29) is 0 Å². The Morgan fingerprint density at radius 1 is 1.36 bits per heavy atom. The number of rotatable bonds is 2. The largest absolute Gasteiger partial charge is 0.477 e. The Hall–Kier alpha value is -1.51. The zero-order chi connectivity index (χ0) is 10.1. The van der Waals surface area contributed by atoms with Gasteiger partial charge in [-0.15, -0.1) is 0 Å². The van der Waals surface area contributed by atoms with Crippen molar-refractivity contribution in [3.63, 3.8) is 0 Å². The van der Waals surface area contributed by atoms with E-state index in [1.54, 1.807) is 6.08 Å². The molecule has 14 heavy (non-hydrogen) atoms. The fraction of sp³-hybridized carbons (Fsp3) is 0.364. The number of aromatic nitrogens is 1. The minimum Gasteiger partial charge on any atom is -0.477 e. The molecule has 0 saturated heterocycles. The molecule has 0 radical (unpaired) electrons. The minimum atomic E-state index is -0.865. The lowest BCUT2D eigenvalue weighted by molar-refractivity contribution is 0.0690. The van der Waals surface area contributed by atoms with Crippen LogP contribution in [-0.4, -0.2) is 16.1 Å². The van der Waals surface area contributed by atoms with Crippen molar-refractivity contribution in [1.82, 2.24) is 4.98 Å². The minimum absolute atomic E-state index is 0.356. The van der Waals surface area contributed by atoms with E-state index in [0.29, 0.717) is 5.69 Å². The van der Waals surface area contributed by atoms with Crippen molar-refractivity contribution in [2.24, 2.45) is 0 Å². The summed E-state index contributed by atoms with van der Waals surface area (Å²) >= 11 is 0. The number of nitrogens with one attached hydrogen (secondary N) is 1. The Labute approximate surface area is 82.5 Å². The summed E-state index contributed by atoms with van der Waals surface area (Å²) in [5.41, 5.74) is 3.38. The molecule has 0 aromatic carbocycles. The van der Waals surface area contributed by atoms with Gasteiger partial charge < -0.3 is 10.1 Å². The molecule has 0 unspecified atom stereocenters. The van der Waals surface area contributed by atoms with Crippen LogP contribution in [0.5, 0.6) is 0 Å². The predicted molar refractivity (Wildman–Crippen MR) is 54.5 cm³/mol. The summed E-state index contributed by atoms with van der Waals surface area (Å²) in [6.07, 6.45) is 5.78. The first-order valence-corrected chi connectivity index (χ1v) is 4.83. The molecule has 3 nitrogen and oxygen atoms in total. The number of carboxylic acid groups (broad SMARTS) is 1. The van der Waals surface area contributed by atoms with Crippen molar-refractivity contribution in [3.8, 4) is 0 Å². The molecule has 2 rings (SSSR count). The van der Waals surface area contributed by atoms with E-state index in [9.17, 15) is 4.79 Å². The van der Waals surface area contributed by atoms with Gasteiger partial charge in [-0.05, 0) is 42.9 Å². The van der Waals surface area contributed by atoms with Crippen LogP contribution in [0.1, 0.15) is 40.2 Å². The van der Waals surface area contributed by atoms with E-state index in [1.807, 2.05) is 0 Å². The lowest BCUT2D eigenvalue weighted by atomic mass is 9.92. The number of H-pyrrole nitrogens is 1. The number of carbonyl (C=O) groups is 1. The van der Waals surface area contributed by atoms with Crippen molar-refractivity contribution < 1.29 is 9.90 Å². The molecule has 0 amide bonds. The maximum absolute atomic E-state index is 10.9. The number of carboxylic acids is 1. The lowest BCUT2D eigenvalue weighted by Gasteiger charge is -2.11. The molecule has 1 aliphatic carbocycles. The normalized spacial score (nSPS) is 14.9. The van der Waals surface area contributed by atoms with E-state index in [1.165, 1.54) is 0 Å². The van der Waals surface area contributed by atoms with Gasteiger partial charge in [-0.3, -0.25) is 0 Å². The van der Waals surface area contributed by atoms with Crippen molar-refractivity contribution in [3.05, 3.63) is 29.1 Å². The van der Waals surface area contributed by atoms with E-state index in [0.717, 1.165) is 42.5 Å². The lowest BCUT2D eigenvalue weighted by Crippen LogP contribution is -2.06. The zero-order valence-electron chi connectivity index (χ0n) is 7.97. The molecular weight excluding hydrogens is 178 g/mol. The molecule has 1 aromatic rings. The molecule has 0 atom stereocenters. The highest BCUT2D eigenvalue weighted by Crippen LogP contribution is 2.28. The molecule has 0 saturated carbocycles. The van der Waals surface area contributed by atoms with Crippen LogP contribution in [-0.2, 0) is 12.8 Å². The van der Waals surface area contributed by atoms with Gasteiger partial charge in [0, 0.05) is 5.69 Å². The van der Waals surface area contributed by atoms with Crippen LogP contribution in [0.25, 0.3) is 6.08 Å². The van der Waals surface area contributed by atoms with Crippen LogP contribution < -0.4 is 0 Å². The highest BCUT2D eigenvalue weighted by molar-refractivity contribution is 5.89. The second kappa shape index (κ2) is 3.33. The summed E-state index contributed by atoms with van der Waals surface area (Å²) in [6.45, 7) is 3.69. The summed E-state index contributed by atoms with van der Waals surface area (Å²) in [5.74, 6) is -0.865. The SMILES string of the molecule is C=Cc1[nH]c(C(=O)O)c2c1CCCC2. The van der Waals surface area contributed by atoms with Crippen LogP contribution in [0.2, 0.25) is 0 Å². The second-order valence-corrected chi connectivity index (χ2v) is 3.59. The molecule has 74 valence electrons. The van der Waals surface area contributed by atoms with Gasteiger partial charge in [0.25, 0.3) is 0 Å². The third kappa shape index (κ3) is 1.25. The number of hydrogen-bond donors (Lipinski definition) is 2. The average Bonchev–Trinajstić information content (AvgIpc) is 2.56. The van der Waals surface area contributed by atoms with Gasteiger partial charge in [-0.25, -0.2) is 4.79 Å². The summed E-state index contributed by atoms with van der Waals surface area (Å²) in [6, 6.07) is 0. The Bertz CT molecular complexity index is 390. The van der Waals surface area contributed by atoms with Gasteiger partial charge in [0.05, 0.1) is 0 Å². The molecule has 0 fully saturated rings. The molecule has 1 heterocycles. The fourth-order valence-corrected chi connectivity index (χ4v) is 2.12. The van der Waals surface area contributed by atoms with Crippen LogP contribution in [0.15, 0.2) is 6.58 Å².